The molecule has 1 saturated heterocycles. The highest BCUT2D eigenvalue weighted by atomic mass is 32.2. The maximum Gasteiger partial charge on any atom is 0.323 e. The van der Waals surface area contributed by atoms with Crippen molar-refractivity contribution in [3.63, 3.8) is 0 Å². The van der Waals surface area contributed by atoms with Crippen molar-refractivity contribution in [1.29, 1.82) is 0 Å². The van der Waals surface area contributed by atoms with Gasteiger partial charge in [0.1, 0.15) is 11.8 Å². The molecular weight excluding hydrogens is 628 g/mol. The number of unbranched alkanes of at least 4 members (excludes halogenated alkanes) is 1. The summed E-state index contributed by atoms with van der Waals surface area (Å²) in [5.74, 6) is 0.357. The number of hydroxylamine groups is 1. The van der Waals surface area contributed by atoms with Crippen molar-refractivity contribution in [2.45, 2.75) is 53.8 Å². The zero-order valence-electron chi connectivity index (χ0n) is 26.4. The van der Waals surface area contributed by atoms with Crippen molar-refractivity contribution in [3.8, 4) is 17.2 Å². The van der Waals surface area contributed by atoms with Crippen LogP contribution in [-0.2, 0) is 35.3 Å². The van der Waals surface area contributed by atoms with Gasteiger partial charge in [-0.05, 0) is 85.2 Å². The lowest BCUT2D eigenvalue weighted by atomic mass is 9.86. The van der Waals surface area contributed by atoms with Gasteiger partial charge in [0.2, 0.25) is 0 Å². The average Bonchev–Trinajstić information content (AvgIpc) is 3.12. The molecule has 3 aromatic rings. The number of fused-ring (bicyclic) bond motifs is 1. The number of ether oxygens (including phenoxy) is 5. The molecule has 2 heterocycles. The van der Waals surface area contributed by atoms with Crippen LogP contribution in [0.15, 0.2) is 71.6 Å². The van der Waals surface area contributed by atoms with Crippen molar-refractivity contribution in [3.05, 3.63) is 83.4 Å². The Morgan fingerprint density at radius 1 is 0.957 bits per heavy atom. The first-order chi connectivity index (χ1) is 22.7. The van der Waals surface area contributed by atoms with E-state index in [1.807, 2.05) is 42.5 Å². The van der Waals surface area contributed by atoms with Gasteiger partial charge in [-0.2, -0.15) is 0 Å². The van der Waals surface area contributed by atoms with Gasteiger partial charge in [-0.15, -0.1) is 0 Å². The number of carbonyl (C=O) groups excluding carboxylic acids is 2. The maximum absolute atomic E-state index is 13.4. The number of nitrogens with one attached hydrogen (secondary N) is 2. The van der Waals surface area contributed by atoms with Crippen LogP contribution in [0, 0.1) is 0 Å². The van der Waals surface area contributed by atoms with Crippen LogP contribution in [0.5, 0.6) is 17.2 Å². The Balaban J connectivity index is 1.13. The van der Waals surface area contributed by atoms with E-state index in [9.17, 15) is 23.2 Å². The lowest BCUT2D eigenvalue weighted by Crippen LogP contribution is -2.54. The number of sulfone groups is 1. The number of rotatable bonds is 13. The average molecular weight is 669 g/mol. The van der Waals surface area contributed by atoms with Crippen molar-refractivity contribution in [1.82, 2.24) is 10.8 Å². The number of hydrogen-bond donors (Lipinski definition) is 3. The SMILES string of the molecule is COc1cc2c(cc1OC)C(c1ccccc1)NC(C(=O)OCCCCOc1ccc(S(=O)(=O)C3(C(=O)NO)CCOCC3)cc1)C2. The number of carbonyl (C=O) groups is 2. The van der Waals surface area contributed by atoms with Gasteiger partial charge >= 0.3 is 5.97 Å². The van der Waals surface area contributed by atoms with Crippen LogP contribution in [-0.4, -0.2) is 76.9 Å². The smallest absolute Gasteiger partial charge is 0.323 e. The summed E-state index contributed by atoms with van der Waals surface area (Å²) in [5, 5.41) is 12.7. The molecule has 13 heteroatoms. The minimum absolute atomic E-state index is 0.0479. The van der Waals surface area contributed by atoms with Gasteiger partial charge in [0.15, 0.2) is 26.1 Å². The van der Waals surface area contributed by atoms with Crippen molar-refractivity contribution in [2.24, 2.45) is 0 Å². The molecule has 3 aromatic carbocycles. The minimum Gasteiger partial charge on any atom is -0.494 e. The van der Waals surface area contributed by atoms with E-state index in [1.165, 1.54) is 29.7 Å². The van der Waals surface area contributed by atoms with Crippen molar-refractivity contribution >= 4 is 21.7 Å². The monoisotopic (exact) mass is 668 g/mol. The van der Waals surface area contributed by atoms with E-state index < -0.39 is 26.5 Å². The number of methoxy groups -OCH3 is 2. The Morgan fingerprint density at radius 2 is 1.62 bits per heavy atom. The summed E-state index contributed by atoms with van der Waals surface area (Å²) in [6.45, 7) is 0.719. The van der Waals surface area contributed by atoms with Crippen LogP contribution in [0.2, 0.25) is 0 Å². The predicted octanol–water partition coefficient (Wildman–Crippen LogP) is 3.54. The molecule has 5 rings (SSSR count). The highest BCUT2D eigenvalue weighted by Gasteiger charge is 2.52. The standard InChI is InChI=1S/C34H40N2O10S/c1-42-29-21-24-20-28(35-31(23-8-4-3-5-9-23)27(24)22-30(29)43-2)32(37)46-17-7-6-16-45-25-10-12-26(13-11-25)47(40,41)34(33(38)36-39)14-18-44-19-15-34/h3-5,8-13,21-22,28,31,35,39H,6-7,14-20H2,1-2H3,(H,36,38). The summed E-state index contributed by atoms with van der Waals surface area (Å²) in [6.07, 6.45) is 1.47. The molecule has 47 heavy (non-hydrogen) atoms. The Hall–Kier alpha value is -4.17. The molecule has 2 atom stereocenters. The molecule has 1 amide bonds. The Bertz CT molecular complexity index is 1640. The first-order valence-corrected chi connectivity index (χ1v) is 16.9. The third-order valence-corrected chi connectivity index (χ3v) is 11.2. The zero-order valence-corrected chi connectivity index (χ0v) is 27.2. The molecule has 12 nitrogen and oxygen atoms in total. The molecule has 0 aliphatic carbocycles. The van der Waals surface area contributed by atoms with E-state index in [1.54, 1.807) is 14.2 Å². The summed E-state index contributed by atoms with van der Waals surface area (Å²) in [4.78, 5) is 25.6. The minimum atomic E-state index is -4.12. The Kier molecular flexibility index (Phi) is 11.0. The van der Waals surface area contributed by atoms with E-state index in [4.69, 9.17) is 23.7 Å². The van der Waals surface area contributed by atoms with Gasteiger partial charge < -0.3 is 23.7 Å². The van der Waals surface area contributed by atoms with Crippen LogP contribution in [0.4, 0.5) is 0 Å². The number of benzene rings is 3. The molecule has 252 valence electrons. The van der Waals surface area contributed by atoms with E-state index in [0.717, 1.165) is 16.7 Å². The predicted molar refractivity (Wildman–Crippen MR) is 170 cm³/mol. The second-order valence-corrected chi connectivity index (χ2v) is 13.7. The van der Waals surface area contributed by atoms with Crippen LogP contribution < -0.4 is 25.0 Å². The molecule has 2 unspecified atom stereocenters. The maximum atomic E-state index is 13.4. The van der Waals surface area contributed by atoms with Crippen LogP contribution in [0.3, 0.4) is 0 Å². The highest BCUT2D eigenvalue weighted by molar-refractivity contribution is 7.93. The van der Waals surface area contributed by atoms with Gasteiger partial charge in [-0.25, -0.2) is 13.9 Å². The third-order valence-electron chi connectivity index (χ3n) is 8.68. The number of amides is 1. The zero-order chi connectivity index (χ0) is 33.4. The van der Waals surface area contributed by atoms with Crippen molar-refractivity contribution < 1.29 is 46.9 Å². The molecule has 0 bridgehead atoms. The first-order valence-electron chi connectivity index (χ1n) is 15.5. The van der Waals surface area contributed by atoms with Gasteiger partial charge in [-0.3, -0.25) is 20.1 Å². The molecule has 0 radical (unpaired) electrons. The molecule has 0 saturated carbocycles. The van der Waals surface area contributed by atoms with Crippen LogP contribution >= 0.6 is 0 Å². The summed E-state index contributed by atoms with van der Waals surface area (Å²) >= 11 is 0. The number of esters is 1. The fourth-order valence-electron chi connectivity index (χ4n) is 6.05. The fraction of sp³-hybridized carbons (Fsp3) is 0.412. The van der Waals surface area contributed by atoms with E-state index in [-0.39, 0.29) is 49.6 Å². The van der Waals surface area contributed by atoms with E-state index in [0.29, 0.717) is 43.1 Å². The molecular formula is C34H40N2O10S. The summed E-state index contributed by atoms with van der Waals surface area (Å²) in [6, 6.07) is 18.8. The molecule has 3 N–H and O–H groups in total. The quantitative estimate of drug-likeness (QED) is 0.106. The topological polar surface area (TPSA) is 159 Å². The number of hydrogen-bond acceptors (Lipinski definition) is 11. The van der Waals surface area contributed by atoms with Gasteiger partial charge in [0.25, 0.3) is 5.91 Å². The molecule has 2 aliphatic rings. The van der Waals surface area contributed by atoms with Crippen LogP contribution in [0.25, 0.3) is 0 Å². The summed E-state index contributed by atoms with van der Waals surface area (Å²) < 4.78 is 52.7. The molecule has 2 aliphatic heterocycles. The van der Waals surface area contributed by atoms with Crippen molar-refractivity contribution in [2.75, 3.05) is 40.6 Å². The highest BCUT2D eigenvalue weighted by Crippen LogP contribution is 2.39. The van der Waals surface area contributed by atoms with E-state index >= 15 is 0 Å². The molecule has 1 fully saturated rings. The van der Waals surface area contributed by atoms with Crippen LogP contribution in [0.1, 0.15) is 48.4 Å². The molecule has 0 spiro atoms. The summed E-state index contributed by atoms with van der Waals surface area (Å²) in [7, 11) is -0.940. The second kappa shape index (κ2) is 15.2. The molecule has 0 aromatic heterocycles. The summed E-state index contributed by atoms with van der Waals surface area (Å²) in [5.41, 5.74) is 4.51. The van der Waals surface area contributed by atoms with E-state index in [2.05, 4.69) is 5.32 Å². The van der Waals surface area contributed by atoms with Gasteiger partial charge in [0, 0.05) is 13.2 Å². The van der Waals surface area contributed by atoms with Gasteiger partial charge in [0.05, 0.1) is 38.4 Å². The Morgan fingerprint density at radius 3 is 2.28 bits per heavy atom. The Labute approximate surface area is 274 Å². The largest absolute Gasteiger partial charge is 0.494 e. The first kappa shape index (κ1) is 34.2. The fourth-order valence-corrected chi connectivity index (χ4v) is 7.99. The lowest BCUT2D eigenvalue weighted by Gasteiger charge is -2.34. The lowest BCUT2D eigenvalue weighted by molar-refractivity contribution is -0.146. The second-order valence-electron chi connectivity index (χ2n) is 11.4. The third kappa shape index (κ3) is 7.23. The van der Waals surface area contributed by atoms with Gasteiger partial charge in [-0.1, -0.05) is 30.3 Å². The normalized spacial score (nSPS) is 18.8.